The van der Waals surface area contributed by atoms with Crippen LogP contribution in [0.5, 0.6) is 5.75 Å². The molecule has 104 valence electrons. The van der Waals surface area contributed by atoms with Crippen LogP contribution in [-0.4, -0.2) is 12.5 Å². The summed E-state index contributed by atoms with van der Waals surface area (Å²) in [6.45, 7) is 0.659. The van der Waals surface area contributed by atoms with Gasteiger partial charge in [-0.2, -0.15) is 0 Å². The first-order valence-electron chi connectivity index (χ1n) is 6.89. The van der Waals surface area contributed by atoms with Gasteiger partial charge in [0.2, 0.25) is 0 Å². The molecule has 1 aromatic rings. The van der Waals surface area contributed by atoms with E-state index in [-0.39, 0.29) is 0 Å². The number of rotatable bonds is 5. The van der Waals surface area contributed by atoms with Crippen molar-refractivity contribution in [3.8, 4) is 5.75 Å². The van der Waals surface area contributed by atoms with Crippen molar-refractivity contribution in [1.82, 2.24) is 0 Å². The Morgan fingerprint density at radius 3 is 2.74 bits per heavy atom. The number of benzene rings is 1. The number of carbonyl (C=O) groups excluding carboxylic acids is 1. The average Bonchev–Trinajstić information content (AvgIpc) is 2.41. The van der Waals surface area contributed by atoms with Crippen LogP contribution in [0.1, 0.15) is 48.9 Å². The van der Waals surface area contributed by atoms with Gasteiger partial charge in [0.1, 0.15) is 5.75 Å². The zero-order chi connectivity index (χ0) is 13.7. The Kier molecular flexibility index (Phi) is 5.25. The minimum atomic E-state index is -0.450. The summed E-state index contributed by atoms with van der Waals surface area (Å²) in [7, 11) is 0. The number of carbonyl (C=O) groups is 1. The number of halogens is 1. The molecule has 1 aromatic carbocycles. The van der Waals surface area contributed by atoms with E-state index in [4.69, 9.17) is 10.5 Å². The summed E-state index contributed by atoms with van der Waals surface area (Å²) in [5.74, 6) is 0.918. The topological polar surface area (TPSA) is 52.3 Å². The van der Waals surface area contributed by atoms with E-state index in [2.05, 4.69) is 15.9 Å². The fourth-order valence-electron chi connectivity index (χ4n) is 2.63. The van der Waals surface area contributed by atoms with Gasteiger partial charge in [0.05, 0.1) is 12.2 Å². The van der Waals surface area contributed by atoms with E-state index in [1.807, 2.05) is 6.07 Å². The maximum absolute atomic E-state index is 11.4. The minimum Gasteiger partial charge on any atom is -0.493 e. The molecule has 0 atom stereocenters. The minimum absolute atomic E-state index is 0.443. The standard InChI is InChI=1S/C15H20BrNO2/c16-12-6-7-14(13(10-12)15(17)18)19-9-8-11-4-2-1-3-5-11/h6-7,10-11H,1-5,8-9H2,(H2,17,18). The third-order valence-corrected chi connectivity index (χ3v) is 4.21. The van der Waals surface area contributed by atoms with Gasteiger partial charge >= 0.3 is 0 Å². The van der Waals surface area contributed by atoms with Crippen molar-refractivity contribution in [2.75, 3.05) is 6.61 Å². The predicted molar refractivity (Wildman–Crippen MR) is 79.3 cm³/mol. The normalized spacial score (nSPS) is 16.3. The molecule has 0 radical (unpaired) electrons. The van der Waals surface area contributed by atoms with Crippen molar-refractivity contribution >= 4 is 21.8 Å². The molecule has 1 aliphatic carbocycles. The zero-order valence-electron chi connectivity index (χ0n) is 11.0. The van der Waals surface area contributed by atoms with Gasteiger partial charge < -0.3 is 10.5 Å². The Bertz CT molecular complexity index is 442. The summed E-state index contributed by atoms with van der Waals surface area (Å²) in [5, 5.41) is 0. The summed E-state index contributed by atoms with van der Waals surface area (Å²) in [4.78, 5) is 11.4. The molecule has 2 N–H and O–H groups in total. The van der Waals surface area contributed by atoms with Crippen LogP contribution >= 0.6 is 15.9 Å². The lowest BCUT2D eigenvalue weighted by molar-refractivity contribution is 0.0996. The number of hydrogen-bond donors (Lipinski definition) is 1. The quantitative estimate of drug-likeness (QED) is 0.892. The fraction of sp³-hybridized carbons (Fsp3) is 0.533. The molecular weight excluding hydrogens is 306 g/mol. The zero-order valence-corrected chi connectivity index (χ0v) is 12.6. The van der Waals surface area contributed by atoms with Crippen LogP contribution in [0.15, 0.2) is 22.7 Å². The van der Waals surface area contributed by atoms with E-state index < -0.39 is 5.91 Å². The van der Waals surface area contributed by atoms with Gasteiger partial charge in [0, 0.05) is 4.47 Å². The second-order valence-electron chi connectivity index (χ2n) is 5.15. The molecule has 0 saturated heterocycles. The van der Waals surface area contributed by atoms with Gasteiger partial charge in [-0.25, -0.2) is 0 Å². The maximum Gasteiger partial charge on any atom is 0.252 e. The largest absolute Gasteiger partial charge is 0.493 e. The van der Waals surface area contributed by atoms with Crippen LogP contribution in [-0.2, 0) is 0 Å². The summed E-state index contributed by atoms with van der Waals surface area (Å²) >= 11 is 3.33. The van der Waals surface area contributed by atoms with Crippen LogP contribution in [0, 0.1) is 5.92 Å². The van der Waals surface area contributed by atoms with Gasteiger partial charge in [-0.15, -0.1) is 0 Å². The maximum atomic E-state index is 11.4. The van der Waals surface area contributed by atoms with Gasteiger partial charge in [-0.1, -0.05) is 48.0 Å². The highest BCUT2D eigenvalue weighted by molar-refractivity contribution is 9.10. The van der Waals surface area contributed by atoms with Crippen molar-refractivity contribution in [3.05, 3.63) is 28.2 Å². The van der Waals surface area contributed by atoms with Crippen molar-refractivity contribution in [2.24, 2.45) is 11.7 Å². The lowest BCUT2D eigenvalue weighted by Crippen LogP contribution is -2.15. The van der Waals surface area contributed by atoms with Crippen LogP contribution in [0.4, 0.5) is 0 Å². The third kappa shape index (κ3) is 4.23. The van der Waals surface area contributed by atoms with Crippen LogP contribution in [0.3, 0.4) is 0 Å². The number of nitrogens with two attached hydrogens (primary N) is 1. The summed E-state index contributed by atoms with van der Waals surface area (Å²) in [5.41, 5.74) is 5.80. The van der Waals surface area contributed by atoms with E-state index in [9.17, 15) is 4.79 Å². The molecular formula is C15H20BrNO2. The number of amides is 1. The van der Waals surface area contributed by atoms with Gasteiger partial charge in [-0.05, 0) is 30.5 Å². The average molecular weight is 326 g/mol. The highest BCUT2D eigenvalue weighted by Crippen LogP contribution is 2.27. The van der Waals surface area contributed by atoms with Crippen molar-refractivity contribution in [2.45, 2.75) is 38.5 Å². The SMILES string of the molecule is NC(=O)c1cc(Br)ccc1OCCC1CCCCC1. The molecule has 19 heavy (non-hydrogen) atoms. The molecule has 1 aliphatic rings. The monoisotopic (exact) mass is 325 g/mol. The molecule has 0 bridgehead atoms. The molecule has 0 aromatic heterocycles. The first kappa shape index (κ1) is 14.4. The molecule has 0 aliphatic heterocycles. The number of ether oxygens (including phenoxy) is 1. The number of hydrogen-bond acceptors (Lipinski definition) is 2. The Balaban J connectivity index is 1.89. The molecule has 1 amide bonds. The van der Waals surface area contributed by atoms with E-state index in [0.29, 0.717) is 17.9 Å². The summed E-state index contributed by atoms with van der Waals surface area (Å²) in [6, 6.07) is 5.37. The number of primary amides is 1. The van der Waals surface area contributed by atoms with Crippen molar-refractivity contribution in [3.63, 3.8) is 0 Å². The fourth-order valence-corrected chi connectivity index (χ4v) is 2.99. The first-order chi connectivity index (χ1) is 9.16. The third-order valence-electron chi connectivity index (χ3n) is 3.72. The van der Waals surface area contributed by atoms with E-state index in [1.165, 1.54) is 32.1 Å². The summed E-state index contributed by atoms with van der Waals surface area (Å²) in [6.07, 6.45) is 7.74. The molecule has 0 unspecified atom stereocenters. The van der Waals surface area contributed by atoms with Crippen molar-refractivity contribution in [1.29, 1.82) is 0 Å². The molecule has 0 heterocycles. The second-order valence-corrected chi connectivity index (χ2v) is 6.06. The van der Waals surface area contributed by atoms with Crippen molar-refractivity contribution < 1.29 is 9.53 Å². The molecule has 2 rings (SSSR count). The predicted octanol–water partition coefficient (Wildman–Crippen LogP) is 3.90. The van der Waals surface area contributed by atoms with Gasteiger partial charge in [0.15, 0.2) is 0 Å². The van der Waals surface area contributed by atoms with Crippen LogP contribution < -0.4 is 10.5 Å². The molecule has 1 saturated carbocycles. The molecule has 0 spiro atoms. The van der Waals surface area contributed by atoms with Gasteiger partial charge in [-0.3, -0.25) is 4.79 Å². The lowest BCUT2D eigenvalue weighted by Gasteiger charge is -2.21. The van der Waals surface area contributed by atoms with E-state index in [0.717, 1.165) is 16.8 Å². The second kappa shape index (κ2) is 6.94. The van der Waals surface area contributed by atoms with Gasteiger partial charge in [0.25, 0.3) is 5.91 Å². The lowest BCUT2D eigenvalue weighted by atomic mass is 9.87. The van der Waals surface area contributed by atoms with E-state index in [1.54, 1.807) is 12.1 Å². The Morgan fingerprint density at radius 2 is 2.05 bits per heavy atom. The smallest absolute Gasteiger partial charge is 0.252 e. The molecule has 1 fully saturated rings. The Hall–Kier alpha value is -1.03. The molecule has 4 heteroatoms. The Labute approximate surface area is 122 Å². The van der Waals surface area contributed by atoms with Crippen LogP contribution in [0.2, 0.25) is 0 Å². The Morgan fingerprint density at radius 1 is 1.32 bits per heavy atom. The van der Waals surface area contributed by atoms with E-state index >= 15 is 0 Å². The first-order valence-corrected chi connectivity index (χ1v) is 7.68. The molecule has 3 nitrogen and oxygen atoms in total. The highest BCUT2D eigenvalue weighted by atomic mass is 79.9. The summed E-state index contributed by atoms with van der Waals surface area (Å²) < 4.78 is 6.57. The highest BCUT2D eigenvalue weighted by Gasteiger charge is 2.14. The van der Waals surface area contributed by atoms with Crippen LogP contribution in [0.25, 0.3) is 0 Å².